The van der Waals surface area contributed by atoms with Crippen LogP contribution in [0.5, 0.6) is 5.75 Å². The second-order valence-corrected chi connectivity index (χ2v) is 7.18. The highest BCUT2D eigenvalue weighted by Gasteiger charge is 2.40. The molecule has 1 aliphatic rings. The summed E-state index contributed by atoms with van der Waals surface area (Å²) >= 11 is 0. The summed E-state index contributed by atoms with van der Waals surface area (Å²) in [7, 11) is 0. The third-order valence-corrected chi connectivity index (χ3v) is 5.22. The summed E-state index contributed by atoms with van der Waals surface area (Å²) in [6, 6.07) is 10.1. The Bertz CT molecular complexity index is 1090. The summed E-state index contributed by atoms with van der Waals surface area (Å²) in [6.45, 7) is -2.91. The van der Waals surface area contributed by atoms with E-state index < -0.39 is 23.9 Å². The highest BCUT2D eigenvalue weighted by molar-refractivity contribution is 5.94. The van der Waals surface area contributed by atoms with Gasteiger partial charge in [-0.2, -0.15) is 8.78 Å². The summed E-state index contributed by atoms with van der Waals surface area (Å²) in [5.74, 6) is -0.787. The van der Waals surface area contributed by atoms with Crippen molar-refractivity contribution in [3.8, 4) is 17.0 Å². The highest BCUT2D eigenvalue weighted by atomic mass is 19.3. The molecule has 0 atom stereocenters. The van der Waals surface area contributed by atoms with E-state index in [2.05, 4.69) is 25.2 Å². The van der Waals surface area contributed by atoms with Gasteiger partial charge in [-0.05, 0) is 61.7 Å². The van der Waals surface area contributed by atoms with Gasteiger partial charge in [0.25, 0.3) is 0 Å². The van der Waals surface area contributed by atoms with E-state index in [1.165, 1.54) is 24.4 Å². The molecule has 0 saturated heterocycles. The third-order valence-electron chi connectivity index (χ3n) is 5.22. The van der Waals surface area contributed by atoms with Crippen molar-refractivity contribution in [3.05, 3.63) is 65.7 Å². The Morgan fingerprint density at radius 3 is 2.48 bits per heavy atom. The lowest BCUT2D eigenvalue weighted by atomic mass is 9.74. The number of rotatable bonds is 7. The molecule has 2 aromatic heterocycles. The first-order valence-electron chi connectivity index (χ1n) is 9.49. The fraction of sp³-hybridized carbons (Fsp3) is 0.238. The lowest BCUT2D eigenvalue weighted by Gasteiger charge is -2.42. The van der Waals surface area contributed by atoms with Crippen molar-refractivity contribution in [2.24, 2.45) is 5.73 Å². The van der Waals surface area contributed by atoms with Crippen LogP contribution in [-0.4, -0.2) is 27.7 Å². The number of primary amides is 1. The van der Waals surface area contributed by atoms with Gasteiger partial charge in [0.15, 0.2) is 0 Å². The van der Waals surface area contributed by atoms with Crippen LogP contribution in [0, 0.1) is 5.82 Å². The Morgan fingerprint density at radius 1 is 1.13 bits per heavy atom. The summed E-state index contributed by atoms with van der Waals surface area (Å²) < 4.78 is 43.2. The molecule has 0 aliphatic heterocycles. The predicted molar refractivity (Wildman–Crippen MR) is 106 cm³/mol. The zero-order chi connectivity index (χ0) is 22.0. The quantitative estimate of drug-likeness (QED) is 0.591. The molecule has 7 nitrogen and oxygen atoms in total. The van der Waals surface area contributed by atoms with Crippen molar-refractivity contribution in [1.29, 1.82) is 0 Å². The number of ether oxygens (including phenoxy) is 1. The number of alkyl halides is 2. The number of nitrogens with zero attached hydrogens (tertiary/aromatic N) is 3. The van der Waals surface area contributed by atoms with E-state index in [0.29, 0.717) is 11.5 Å². The van der Waals surface area contributed by atoms with Gasteiger partial charge in [-0.25, -0.2) is 4.39 Å². The van der Waals surface area contributed by atoms with E-state index in [9.17, 15) is 18.0 Å². The first-order valence-corrected chi connectivity index (χ1v) is 9.49. The zero-order valence-electron chi connectivity index (χ0n) is 16.2. The van der Waals surface area contributed by atoms with Crippen molar-refractivity contribution in [1.82, 2.24) is 15.2 Å². The lowest BCUT2D eigenvalue weighted by Crippen LogP contribution is -2.43. The molecule has 0 spiro atoms. The largest absolute Gasteiger partial charge is 0.433 e. The number of pyridine rings is 1. The molecule has 0 bridgehead atoms. The average Bonchev–Trinajstić information content (AvgIpc) is 2.72. The topological polar surface area (TPSA) is 103 Å². The number of carbonyl (C=O) groups is 1. The van der Waals surface area contributed by atoms with E-state index in [-0.39, 0.29) is 22.6 Å². The van der Waals surface area contributed by atoms with Gasteiger partial charge in [-0.3, -0.25) is 9.78 Å². The molecular formula is C21H18F3N5O2. The number of amides is 1. The molecule has 1 amide bonds. The van der Waals surface area contributed by atoms with E-state index in [1.807, 2.05) is 0 Å². The third kappa shape index (κ3) is 4.27. The summed E-state index contributed by atoms with van der Waals surface area (Å²) in [4.78, 5) is 15.6. The van der Waals surface area contributed by atoms with E-state index in [4.69, 9.17) is 5.73 Å². The van der Waals surface area contributed by atoms with E-state index in [0.717, 1.165) is 25.3 Å². The Labute approximate surface area is 175 Å². The van der Waals surface area contributed by atoms with Gasteiger partial charge < -0.3 is 15.8 Å². The second-order valence-electron chi connectivity index (χ2n) is 7.18. The molecule has 0 radical (unpaired) electrons. The lowest BCUT2D eigenvalue weighted by molar-refractivity contribution is -0.0501. The summed E-state index contributed by atoms with van der Waals surface area (Å²) in [6.07, 6.45) is 3.76. The monoisotopic (exact) mass is 429 g/mol. The van der Waals surface area contributed by atoms with Crippen LogP contribution in [0.15, 0.2) is 48.7 Å². The van der Waals surface area contributed by atoms with E-state index in [1.54, 1.807) is 18.2 Å². The predicted octanol–water partition coefficient (Wildman–Crippen LogP) is 3.87. The zero-order valence-corrected chi connectivity index (χ0v) is 16.2. The van der Waals surface area contributed by atoms with Gasteiger partial charge >= 0.3 is 6.61 Å². The van der Waals surface area contributed by atoms with Gasteiger partial charge in [0, 0.05) is 11.1 Å². The minimum absolute atomic E-state index is 0.0161. The van der Waals surface area contributed by atoms with Crippen LogP contribution in [0.1, 0.15) is 35.3 Å². The van der Waals surface area contributed by atoms with Crippen LogP contribution >= 0.6 is 0 Å². The number of hydrogen-bond donors (Lipinski definition) is 2. The number of carbonyl (C=O) groups excluding carboxylic acids is 1. The summed E-state index contributed by atoms with van der Waals surface area (Å²) in [5, 5.41) is 11.5. The standard InChI is InChI=1S/C21H18F3N5O2/c22-15-4-2-12(19(25)30)10-14(15)16-5-7-18(29-28-16)27-21(8-1-9-21)17-6-3-13(11-26-17)31-20(23)24/h2-7,10-11,20H,1,8-9H2,(H2,25,30)(H,27,29). The van der Waals surface area contributed by atoms with Crippen molar-refractivity contribution < 1.29 is 22.7 Å². The average molecular weight is 429 g/mol. The van der Waals surface area contributed by atoms with Crippen LogP contribution in [0.2, 0.25) is 0 Å². The van der Waals surface area contributed by atoms with Crippen molar-refractivity contribution in [2.75, 3.05) is 5.32 Å². The maximum absolute atomic E-state index is 14.2. The van der Waals surface area contributed by atoms with Crippen molar-refractivity contribution in [2.45, 2.75) is 31.4 Å². The number of nitrogens with one attached hydrogen (secondary N) is 1. The minimum Gasteiger partial charge on any atom is -0.433 e. The molecule has 2 heterocycles. The molecule has 1 aromatic carbocycles. The van der Waals surface area contributed by atoms with Gasteiger partial charge in [-0.1, -0.05) is 0 Å². The minimum atomic E-state index is -2.91. The van der Waals surface area contributed by atoms with Gasteiger partial charge in [0.1, 0.15) is 17.4 Å². The highest BCUT2D eigenvalue weighted by Crippen LogP contribution is 2.43. The molecule has 160 valence electrons. The number of aromatic nitrogens is 3. The van der Waals surface area contributed by atoms with Crippen LogP contribution in [0.3, 0.4) is 0 Å². The molecule has 31 heavy (non-hydrogen) atoms. The number of hydrogen-bond acceptors (Lipinski definition) is 6. The molecule has 4 rings (SSSR count). The molecule has 3 aromatic rings. The van der Waals surface area contributed by atoms with Gasteiger partial charge in [-0.15, -0.1) is 10.2 Å². The number of benzene rings is 1. The van der Waals surface area contributed by atoms with Crippen LogP contribution < -0.4 is 15.8 Å². The van der Waals surface area contributed by atoms with Gasteiger partial charge in [0.2, 0.25) is 5.91 Å². The molecule has 1 aliphatic carbocycles. The summed E-state index contributed by atoms with van der Waals surface area (Å²) in [5.41, 5.74) is 5.96. The fourth-order valence-electron chi connectivity index (χ4n) is 3.47. The Morgan fingerprint density at radius 2 is 1.94 bits per heavy atom. The van der Waals surface area contributed by atoms with Crippen molar-refractivity contribution >= 4 is 11.7 Å². The number of nitrogens with two attached hydrogens (primary N) is 1. The van der Waals surface area contributed by atoms with Crippen LogP contribution in [0.25, 0.3) is 11.3 Å². The fourth-order valence-corrected chi connectivity index (χ4v) is 3.47. The first-order chi connectivity index (χ1) is 14.9. The molecule has 3 N–H and O–H groups in total. The first kappa shape index (κ1) is 20.6. The molecule has 1 saturated carbocycles. The molecule has 10 heteroatoms. The number of anilines is 1. The second kappa shape index (κ2) is 8.21. The SMILES string of the molecule is NC(=O)c1ccc(F)c(-c2ccc(NC3(c4ccc(OC(F)F)cn4)CCC3)nn2)c1. The molecule has 0 unspecified atom stereocenters. The maximum atomic E-state index is 14.2. The smallest absolute Gasteiger partial charge is 0.387 e. The molecule has 1 fully saturated rings. The van der Waals surface area contributed by atoms with Crippen LogP contribution in [-0.2, 0) is 5.54 Å². The Balaban J connectivity index is 1.54. The normalized spacial score (nSPS) is 14.7. The van der Waals surface area contributed by atoms with Gasteiger partial charge in [0.05, 0.1) is 23.1 Å². The Hall–Kier alpha value is -3.69. The van der Waals surface area contributed by atoms with E-state index >= 15 is 0 Å². The Kier molecular flexibility index (Phi) is 5.45. The maximum Gasteiger partial charge on any atom is 0.387 e. The molecular weight excluding hydrogens is 411 g/mol. The van der Waals surface area contributed by atoms with Crippen molar-refractivity contribution in [3.63, 3.8) is 0 Å². The van der Waals surface area contributed by atoms with Crippen LogP contribution in [0.4, 0.5) is 19.0 Å². The number of halogens is 3.